The van der Waals surface area contributed by atoms with Crippen molar-refractivity contribution in [1.82, 2.24) is 0 Å². The molecule has 0 aromatic carbocycles. The fourth-order valence-corrected chi connectivity index (χ4v) is 1.32. The molecule has 0 aromatic rings. The maximum atomic E-state index is 10.5. The minimum atomic E-state index is -3.61. The molecule has 6 heteroatoms. The lowest BCUT2D eigenvalue weighted by molar-refractivity contribution is 0.243. The van der Waals surface area contributed by atoms with Gasteiger partial charge in [0.05, 0.1) is 5.75 Å². The van der Waals surface area contributed by atoms with Gasteiger partial charge < -0.3 is 5.11 Å². The van der Waals surface area contributed by atoms with Crippen LogP contribution >= 0.6 is 0 Å². The van der Waals surface area contributed by atoms with E-state index < -0.39 is 10.1 Å². The Hall–Kier alpha value is -0.170. The van der Waals surface area contributed by atoms with E-state index in [1.54, 1.807) is 6.92 Å². The molecule has 0 bridgehead atoms. The zero-order valence-electron chi connectivity index (χ0n) is 5.65. The van der Waals surface area contributed by atoms with Crippen molar-refractivity contribution in [3.05, 3.63) is 0 Å². The molecular weight excluding hydrogens is 158 g/mol. The summed E-state index contributed by atoms with van der Waals surface area (Å²) in [5.41, 5.74) is 0. The van der Waals surface area contributed by atoms with Crippen molar-refractivity contribution < 1.29 is 17.8 Å². The largest absolute Gasteiger partial charge is 0.396 e. The van der Waals surface area contributed by atoms with Crippen molar-refractivity contribution in [2.75, 3.05) is 12.4 Å². The van der Waals surface area contributed by atoms with Crippen LogP contribution in [0.3, 0.4) is 0 Å². The molecule has 0 rings (SSSR count). The summed E-state index contributed by atoms with van der Waals surface area (Å²) in [7, 11) is -3.61. The smallest absolute Gasteiger partial charge is 0.283 e. The van der Waals surface area contributed by atoms with Gasteiger partial charge in [-0.2, -0.15) is 18.6 Å². The first-order chi connectivity index (χ1) is 4.52. The van der Waals surface area contributed by atoms with E-state index in [1.165, 1.54) is 0 Å². The SMILES string of the molecule is CC(CO)CS(=O)(=O)ON. The highest BCUT2D eigenvalue weighted by Crippen LogP contribution is 1.99. The first-order valence-corrected chi connectivity index (χ1v) is 4.31. The highest BCUT2D eigenvalue weighted by molar-refractivity contribution is 7.86. The lowest BCUT2D eigenvalue weighted by Gasteiger charge is -2.04. The fourth-order valence-electron chi connectivity index (χ4n) is 0.440. The molecule has 0 aliphatic rings. The molecule has 0 aliphatic carbocycles. The van der Waals surface area contributed by atoms with Gasteiger partial charge in [0.1, 0.15) is 0 Å². The van der Waals surface area contributed by atoms with Crippen LogP contribution in [0, 0.1) is 5.92 Å². The number of hydrogen-bond acceptors (Lipinski definition) is 5. The van der Waals surface area contributed by atoms with Gasteiger partial charge >= 0.3 is 0 Å². The molecule has 5 nitrogen and oxygen atoms in total. The fraction of sp³-hybridized carbons (Fsp3) is 1.00. The van der Waals surface area contributed by atoms with Crippen LogP contribution in [0.25, 0.3) is 0 Å². The number of aliphatic hydroxyl groups is 1. The van der Waals surface area contributed by atoms with E-state index in [0.29, 0.717) is 0 Å². The zero-order chi connectivity index (χ0) is 8.20. The summed E-state index contributed by atoms with van der Waals surface area (Å²) in [6.07, 6.45) is 0. The molecule has 0 spiro atoms. The summed E-state index contributed by atoms with van der Waals surface area (Å²) in [6.45, 7) is 1.39. The van der Waals surface area contributed by atoms with E-state index in [-0.39, 0.29) is 18.3 Å². The summed E-state index contributed by atoms with van der Waals surface area (Å²) in [5.74, 6) is 3.85. The Morgan fingerprint density at radius 3 is 2.50 bits per heavy atom. The van der Waals surface area contributed by atoms with E-state index in [4.69, 9.17) is 5.11 Å². The molecule has 1 atom stereocenters. The van der Waals surface area contributed by atoms with Gasteiger partial charge in [-0.15, -0.1) is 0 Å². The predicted octanol–water partition coefficient (Wildman–Crippen LogP) is -1.17. The molecular formula is C4H11NO4S. The predicted molar refractivity (Wildman–Crippen MR) is 35.3 cm³/mol. The third-order valence-corrected chi connectivity index (χ3v) is 2.22. The maximum absolute atomic E-state index is 10.5. The molecule has 0 heterocycles. The topological polar surface area (TPSA) is 89.6 Å². The van der Waals surface area contributed by atoms with Crippen LogP contribution < -0.4 is 5.90 Å². The minimum Gasteiger partial charge on any atom is -0.396 e. The Kier molecular flexibility index (Phi) is 3.80. The molecule has 0 saturated carbocycles. The molecule has 0 radical (unpaired) electrons. The third-order valence-electron chi connectivity index (χ3n) is 0.947. The van der Waals surface area contributed by atoms with Crippen molar-refractivity contribution in [2.24, 2.45) is 11.8 Å². The van der Waals surface area contributed by atoms with Gasteiger partial charge in [-0.25, -0.2) is 0 Å². The van der Waals surface area contributed by atoms with Gasteiger partial charge in [0.2, 0.25) is 0 Å². The molecule has 0 saturated heterocycles. The van der Waals surface area contributed by atoms with E-state index >= 15 is 0 Å². The average Bonchev–Trinajstić information content (AvgIpc) is 1.87. The summed E-state index contributed by atoms with van der Waals surface area (Å²) < 4.78 is 24.7. The lowest BCUT2D eigenvalue weighted by Crippen LogP contribution is -2.21. The van der Waals surface area contributed by atoms with Crippen LogP contribution in [-0.2, 0) is 14.4 Å². The van der Waals surface area contributed by atoms with Crippen molar-refractivity contribution >= 4 is 10.1 Å². The zero-order valence-corrected chi connectivity index (χ0v) is 6.47. The first-order valence-electron chi connectivity index (χ1n) is 2.73. The molecule has 3 N–H and O–H groups in total. The first kappa shape index (κ1) is 9.83. The molecule has 0 amide bonds. The van der Waals surface area contributed by atoms with E-state index in [9.17, 15) is 8.42 Å². The van der Waals surface area contributed by atoms with E-state index in [2.05, 4.69) is 10.2 Å². The summed E-state index contributed by atoms with van der Waals surface area (Å²) in [4.78, 5) is 0. The quantitative estimate of drug-likeness (QED) is 0.518. The second-order valence-corrected chi connectivity index (χ2v) is 3.75. The highest BCUT2D eigenvalue weighted by atomic mass is 32.2. The van der Waals surface area contributed by atoms with Crippen LogP contribution in [0.5, 0.6) is 0 Å². The lowest BCUT2D eigenvalue weighted by atomic mass is 10.2. The number of hydrogen-bond donors (Lipinski definition) is 2. The maximum Gasteiger partial charge on any atom is 0.283 e. The van der Waals surface area contributed by atoms with Crippen LogP contribution in [0.1, 0.15) is 6.92 Å². The second-order valence-electron chi connectivity index (χ2n) is 2.11. The number of aliphatic hydroxyl groups excluding tert-OH is 1. The minimum absolute atomic E-state index is 0.192. The van der Waals surface area contributed by atoms with Crippen LogP contribution in [-0.4, -0.2) is 25.9 Å². The van der Waals surface area contributed by atoms with Gasteiger partial charge in [-0.05, 0) is 5.92 Å². The number of rotatable bonds is 4. The van der Waals surface area contributed by atoms with Gasteiger partial charge in [-0.1, -0.05) is 6.92 Å². The molecule has 0 aliphatic heterocycles. The summed E-state index contributed by atoms with van der Waals surface area (Å²) in [5, 5.41) is 8.43. The molecule has 10 heavy (non-hydrogen) atoms. The summed E-state index contributed by atoms with van der Waals surface area (Å²) >= 11 is 0. The summed E-state index contributed by atoms with van der Waals surface area (Å²) in [6, 6.07) is 0. The molecule has 0 aromatic heterocycles. The van der Waals surface area contributed by atoms with Crippen molar-refractivity contribution in [2.45, 2.75) is 6.92 Å². The van der Waals surface area contributed by atoms with Crippen LogP contribution in [0.15, 0.2) is 0 Å². The van der Waals surface area contributed by atoms with Crippen molar-refractivity contribution in [1.29, 1.82) is 0 Å². The molecule has 62 valence electrons. The highest BCUT2D eigenvalue weighted by Gasteiger charge is 2.13. The van der Waals surface area contributed by atoms with Crippen LogP contribution in [0.4, 0.5) is 0 Å². The molecule has 0 fully saturated rings. The monoisotopic (exact) mass is 169 g/mol. The normalized spacial score (nSPS) is 15.1. The van der Waals surface area contributed by atoms with E-state index in [1.807, 2.05) is 0 Å². The van der Waals surface area contributed by atoms with Gasteiger partial charge in [0.15, 0.2) is 0 Å². The average molecular weight is 169 g/mol. The molecule has 1 unspecified atom stereocenters. The second kappa shape index (κ2) is 3.87. The Morgan fingerprint density at radius 1 is 1.70 bits per heavy atom. The van der Waals surface area contributed by atoms with Crippen molar-refractivity contribution in [3.8, 4) is 0 Å². The Bertz CT molecular complexity index is 176. The number of nitrogens with two attached hydrogens (primary N) is 1. The standard InChI is InChI=1S/C4H11NO4S/c1-4(2-6)3-10(7,8)9-5/h4,6H,2-3,5H2,1H3. The Labute approximate surface area is 59.9 Å². The Balaban J connectivity index is 3.90. The van der Waals surface area contributed by atoms with E-state index in [0.717, 1.165) is 0 Å². The van der Waals surface area contributed by atoms with Crippen LogP contribution in [0.2, 0.25) is 0 Å². The Morgan fingerprint density at radius 2 is 2.20 bits per heavy atom. The van der Waals surface area contributed by atoms with Gasteiger partial charge in [-0.3, -0.25) is 0 Å². The van der Waals surface area contributed by atoms with Gasteiger partial charge in [0.25, 0.3) is 10.1 Å². The van der Waals surface area contributed by atoms with Gasteiger partial charge in [0, 0.05) is 6.61 Å². The third kappa shape index (κ3) is 3.78. The van der Waals surface area contributed by atoms with Crippen molar-refractivity contribution in [3.63, 3.8) is 0 Å².